The minimum absolute atomic E-state index is 0.298. The first kappa shape index (κ1) is 19.0. The number of aromatic amines is 1. The van der Waals surface area contributed by atoms with Crippen LogP contribution in [0.1, 0.15) is 22.5 Å². The molecular weight excluding hydrogens is 385 g/mol. The fourth-order valence-corrected chi connectivity index (χ4v) is 3.52. The summed E-state index contributed by atoms with van der Waals surface area (Å²) in [4.78, 5) is 0. The summed E-state index contributed by atoms with van der Waals surface area (Å²) < 4.78 is 18.1. The maximum Gasteiger partial charge on any atom is 0.216 e. The zero-order valence-electron chi connectivity index (χ0n) is 16.3. The van der Waals surface area contributed by atoms with E-state index in [1.165, 1.54) is 16.3 Å². The first-order chi connectivity index (χ1) is 14.0. The van der Waals surface area contributed by atoms with Crippen molar-refractivity contribution < 1.29 is 4.39 Å². The van der Waals surface area contributed by atoms with E-state index in [0.29, 0.717) is 16.2 Å². The standard InChI is InChI=1S/C22H20FN5S/c1-14-8-10-18(11-9-14)27-15(2)12-17(16(27)3)13-24-28-21(25-26-22(28)29)19-6-4-5-7-20(19)23/h4-13H,1-3H3,(H,26,29). The number of nitrogens with zero attached hydrogens (tertiary/aromatic N) is 4. The normalized spacial score (nSPS) is 11.4. The molecule has 2 aromatic carbocycles. The number of benzene rings is 2. The predicted molar refractivity (Wildman–Crippen MR) is 116 cm³/mol. The van der Waals surface area contributed by atoms with Crippen LogP contribution in [0, 0.1) is 31.4 Å². The molecular formula is C22H20FN5S. The molecule has 146 valence electrons. The Labute approximate surface area is 173 Å². The van der Waals surface area contributed by atoms with E-state index in [0.717, 1.165) is 22.6 Å². The summed E-state index contributed by atoms with van der Waals surface area (Å²) in [5, 5.41) is 11.3. The number of halogens is 1. The van der Waals surface area contributed by atoms with Gasteiger partial charge in [0.2, 0.25) is 4.77 Å². The van der Waals surface area contributed by atoms with E-state index in [1.54, 1.807) is 24.4 Å². The van der Waals surface area contributed by atoms with E-state index in [4.69, 9.17) is 12.2 Å². The summed E-state index contributed by atoms with van der Waals surface area (Å²) in [7, 11) is 0. The van der Waals surface area contributed by atoms with Gasteiger partial charge in [0.25, 0.3) is 0 Å². The number of hydrogen-bond acceptors (Lipinski definition) is 3. The first-order valence-electron chi connectivity index (χ1n) is 9.18. The maximum absolute atomic E-state index is 14.2. The van der Waals surface area contributed by atoms with Gasteiger partial charge in [0.05, 0.1) is 11.8 Å². The third-order valence-corrected chi connectivity index (χ3v) is 5.10. The molecule has 0 aliphatic rings. The molecule has 4 aromatic rings. The second-order valence-electron chi connectivity index (χ2n) is 6.89. The summed E-state index contributed by atoms with van der Waals surface area (Å²) >= 11 is 5.29. The molecule has 0 spiro atoms. The van der Waals surface area contributed by atoms with Crippen LogP contribution in [-0.4, -0.2) is 25.7 Å². The molecule has 0 saturated carbocycles. The first-order valence-corrected chi connectivity index (χ1v) is 9.59. The van der Waals surface area contributed by atoms with E-state index in [2.05, 4.69) is 64.0 Å². The van der Waals surface area contributed by atoms with Gasteiger partial charge in [0.15, 0.2) is 5.82 Å². The third-order valence-electron chi connectivity index (χ3n) is 4.84. The van der Waals surface area contributed by atoms with E-state index in [9.17, 15) is 4.39 Å². The lowest BCUT2D eigenvalue weighted by molar-refractivity contribution is 0.628. The number of nitrogens with one attached hydrogen (secondary N) is 1. The van der Waals surface area contributed by atoms with Crippen LogP contribution in [0.25, 0.3) is 17.1 Å². The van der Waals surface area contributed by atoms with Crippen LogP contribution in [-0.2, 0) is 0 Å². The molecule has 0 saturated heterocycles. The molecule has 0 bridgehead atoms. The van der Waals surface area contributed by atoms with Crippen molar-refractivity contribution in [1.29, 1.82) is 0 Å². The van der Waals surface area contributed by atoms with Crippen LogP contribution in [0.3, 0.4) is 0 Å². The van der Waals surface area contributed by atoms with Crippen LogP contribution in [0.15, 0.2) is 59.7 Å². The van der Waals surface area contributed by atoms with Gasteiger partial charge in [0.1, 0.15) is 5.82 Å². The van der Waals surface area contributed by atoms with Gasteiger partial charge in [-0.1, -0.05) is 29.8 Å². The molecule has 5 nitrogen and oxygen atoms in total. The Morgan fingerprint density at radius 1 is 1.07 bits per heavy atom. The van der Waals surface area contributed by atoms with Crippen molar-refractivity contribution >= 4 is 18.4 Å². The fraction of sp³-hybridized carbons (Fsp3) is 0.136. The number of rotatable bonds is 4. The Hall–Kier alpha value is -3.32. The molecule has 0 unspecified atom stereocenters. The second-order valence-corrected chi connectivity index (χ2v) is 7.27. The Bertz CT molecular complexity index is 1260. The summed E-state index contributed by atoms with van der Waals surface area (Å²) in [5.74, 6) is -0.0489. The van der Waals surface area contributed by atoms with Gasteiger partial charge in [-0.25, -0.2) is 9.49 Å². The van der Waals surface area contributed by atoms with E-state index >= 15 is 0 Å². The highest BCUT2D eigenvalue weighted by Crippen LogP contribution is 2.22. The van der Waals surface area contributed by atoms with Gasteiger partial charge in [-0.05, 0) is 63.3 Å². The monoisotopic (exact) mass is 405 g/mol. The van der Waals surface area contributed by atoms with Crippen LogP contribution >= 0.6 is 12.2 Å². The van der Waals surface area contributed by atoms with Crippen molar-refractivity contribution in [2.45, 2.75) is 20.8 Å². The van der Waals surface area contributed by atoms with Crippen LogP contribution in [0.2, 0.25) is 0 Å². The highest BCUT2D eigenvalue weighted by atomic mass is 32.1. The zero-order chi connectivity index (χ0) is 20.5. The summed E-state index contributed by atoms with van der Waals surface area (Å²) in [6.07, 6.45) is 1.72. The minimum atomic E-state index is -0.379. The van der Waals surface area contributed by atoms with Crippen LogP contribution < -0.4 is 0 Å². The number of hydrogen-bond donors (Lipinski definition) is 1. The Kier molecular flexibility index (Phi) is 4.98. The Morgan fingerprint density at radius 2 is 1.79 bits per heavy atom. The average Bonchev–Trinajstić information content (AvgIpc) is 3.20. The molecule has 0 aliphatic carbocycles. The molecule has 2 aromatic heterocycles. The van der Waals surface area contributed by atoms with Gasteiger partial charge in [-0.2, -0.15) is 14.9 Å². The lowest BCUT2D eigenvalue weighted by Crippen LogP contribution is -2.00. The molecule has 7 heteroatoms. The number of aromatic nitrogens is 4. The summed E-state index contributed by atoms with van der Waals surface area (Å²) in [5.41, 5.74) is 5.74. The lowest BCUT2D eigenvalue weighted by atomic mass is 10.2. The van der Waals surface area contributed by atoms with E-state index in [-0.39, 0.29) is 5.82 Å². The third kappa shape index (κ3) is 3.56. The number of aryl methyl sites for hydroxylation is 2. The van der Waals surface area contributed by atoms with Gasteiger partial charge >= 0.3 is 0 Å². The summed E-state index contributed by atoms with van der Waals surface area (Å²) in [6.45, 7) is 6.16. The minimum Gasteiger partial charge on any atom is -0.318 e. The largest absolute Gasteiger partial charge is 0.318 e. The van der Waals surface area contributed by atoms with Gasteiger partial charge in [0, 0.05) is 22.6 Å². The van der Waals surface area contributed by atoms with Crippen LogP contribution in [0.4, 0.5) is 4.39 Å². The maximum atomic E-state index is 14.2. The summed E-state index contributed by atoms with van der Waals surface area (Å²) in [6, 6.07) is 16.8. The smallest absolute Gasteiger partial charge is 0.216 e. The molecule has 0 amide bonds. The van der Waals surface area contributed by atoms with Gasteiger partial charge in [-0.15, -0.1) is 0 Å². The predicted octanol–water partition coefficient (Wildman–Crippen LogP) is 5.34. The molecule has 0 fully saturated rings. The van der Waals surface area contributed by atoms with Gasteiger partial charge < -0.3 is 4.57 Å². The van der Waals surface area contributed by atoms with Crippen molar-refractivity contribution in [2.24, 2.45) is 5.10 Å². The molecule has 1 N–H and O–H groups in total. The molecule has 0 radical (unpaired) electrons. The highest BCUT2D eigenvalue weighted by Gasteiger charge is 2.13. The lowest BCUT2D eigenvalue weighted by Gasteiger charge is -2.09. The molecule has 2 heterocycles. The van der Waals surface area contributed by atoms with Crippen molar-refractivity contribution in [2.75, 3.05) is 0 Å². The van der Waals surface area contributed by atoms with Gasteiger partial charge in [-0.3, -0.25) is 0 Å². The molecule has 4 rings (SSSR count). The number of H-pyrrole nitrogens is 1. The van der Waals surface area contributed by atoms with Crippen molar-refractivity contribution in [3.8, 4) is 17.1 Å². The van der Waals surface area contributed by atoms with Crippen molar-refractivity contribution in [1.82, 2.24) is 19.4 Å². The average molecular weight is 406 g/mol. The van der Waals surface area contributed by atoms with Crippen molar-refractivity contribution in [3.05, 3.63) is 87.7 Å². The van der Waals surface area contributed by atoms with Crippen molar-refractivity contribution in [3.63, 3.8) is 0 Å². The van der Waals surface area contributed by atoms with E-state index in [1.807, 2.05) is 6.92 Å². The topological polar surface area (TPSA) is 50.9 Å². The van der Waals surface area contributed by atoms with Crippen LogP contribution in [0.5, 0.6) is 0 Å². The Morgan fingerprint density at radius 3 is 2.52 bits per heavy atom. The zero-order valence-corrected chi connectivity index (χ0v) is 17.2. The highest BCUT2D eigenvalue weighted by molar-refractivity contribution is 7.71. The second kappa shape index (κ2) is 7.60. The fourth-order valence-electron chi connectivity index (χ4n) is 3.35. The quantitative estimate of drug-likeness (QED) is 0.368. The Balaban J connectivity index is 1.74. The molecule has 0 atom stereocenters. The molecule has 29 heavy (non-hydrogen) atoms. The molecule has 0 aliphatic heterocycles. The SMILES string of the molecule is Cc1ccc(-n2c(C)cc(C=Nn3c(-c4ccccc4F)n[nH]c3=S)c2C)cc1. The van der Waals surface area contributed by atoms with E-state index < -0.39 is 0 Å².